The lowest BCUT2D eigenvalue weighted by molar-refractivity contribution is 0.0497. The van der Waals surface area contributed by atoms with Crippen LogP contribution in [-0.2, 0) is 4.74 Å². The van der Waals surface area contributed by atoms with E-state index in [1.54, 1.807) is 32.4 Å². The Balaban J connectivity index is 2.28. The highest BCUT2D eigenvalue weighted by Crippen LogP contribution is 2.27. The van der Waals surface area contributed by atoms with Crippen LogP contribution in [0.4, 0.5) is 0 Å². The smallest absolute Gasteiger partial charge is 0.338 e. The van der Waals surface area contributed by atoms with Crippen LogP contribution in [0.3, 0.4) is 0 Å². The van der Waals surface area contributed by atoms with Crippen LogP contribution in [0.15, 0.2) is 18.2 Å². The molecule has 0 aliphatic rings. The lowest BCUT2D eigenvalue weighted by Crippen LogP contribution is -2.07. The summed E-state index contributed by atoms with van der Waals surface area (Å²) in [6, 6.07) is 5.05. The topological polar surface area (TPSA) is 44.8 Å². The molecule has 0 saturated heterocycles. The number of rotatable bonds is 11. The Morgan fingerprint density at radius 3 is 2.18 bits per heavy atom. The Labute approximate surface area is 133 Å². The molecule has 0 amide bonds. The third-order valence-corrected chi connectivity index (χ3v) is 3.60. The normalized spacial score (nSPS) is 10.3. The average Bonchev–Trinajstić information content (AvgIpc) is 2.56. The number of benzene rings is 1. The molecular formula is C18H28O4. The number of carbonyl (C=O) groups is 1. The number of hydrogen-bond donors (Lipinski definition) is 0. The lowest BCUT2D eigenvalue weighted by Gasteiger charge is -2.09. The Kier molecular flexibility index (Phi) is 9.12. The molecule has 0 unspecified atom stereocenters. The summed E-state index contributed by atoms with van der Waals surface area (Å²) in [5, 5.41) is 0. The van der Waals surface area contributed by atoms with Gasteiger partial charge in [0.2, 0.25) is 0 Å². The third-order valence-electron chi connectivity index (χ3n) is 3.60. The first kappa shape index (κ1) is 18.3. The molecule has 1 aromatic rings. The average molecular weight is 308 g/mol. The zero-order valence-corrected chi connectivity index (χ0v) is 14.0. The van der Waals surface area contributed by atoms with Crippen molar-refractivity contribution >= 4 is 5.97 Å². The first-order valence-electron chi connectivity index (χ1n) is 8.12. The van der Waals surface area contributed by atoms with E-state index in [4.69, 9.17) is 14.2 Å². The van der Waals surface area contributed by atoms with Gasteiger partial charge in [-0.25, -0.2) is 4.79 Å². The molecular weight excluding hydrogens is 280 g/mol. The predicted octanol–water partition coefficient (Wildman–Crippen LogP) is 4.61. The van der Waals surface area contributed by atoms with Crippen LogP contribution in [-0.4, -0.2) is 26.8 Å². The molecule has 4 nitrogen and oxygen atoms in total. The molecule has 4 heteroatoms. The molecule has 0 atom stereocenters. The summed E-state index contributed by atoms with van der Waals surface area (Å²) in [5.41, 5.74) is 0.487. The van der Waals surface area contributed by atoms with E-state index in [2.05, 4.69) is 6.92 Å². The fourth-order valence-corrected chi connectivity index (χ4v) is 2.27. The van der Waals surface area contributed by atoms with E-state index in [0.717, 1.165) is 12.8 Å². The molecule has 124 valence electrons. The van der Waals surface area contributed by atoms with Crippen LogP contribution < -0.4 is 9.47 Å². The maximum absolute atomic E-state index is 12.0. The summed E-state index contributed by atoms with van der Waals surface area (Å²) in [6.07, 6.45) is 8.42. The van der Waals surface area contributed by atoms with Gasteiger partial charge in [0.25, 0.3) is 0 Å². The van der Waals surface area contributed by atoms with E-state index < -0.39 is 0 Å². The molecule has 1 rings (SSSR count). The van der Waals surface area contributed by atoms with Crippen LogP contribution in [0.1, 0.15) is 62.2 Å². The summed E-state index contributed by atoms with van der Waals surface area (Å²) in [4.78, 5) is 12.0. The van der Waals surface area contributed by atoms with Gasteiger partial charge in [0.1, 0.15) is 0 Å². The number of hydrogen-bond acceptors (Lipinski definition) is 4. The van der Waals surface area contributed by atoms with Crippen molar-refractivity contribution in [2.24, 2.45) is 0 Å². The van der Waals surface area contributed by atoms with E-state index in [1.807, 2.05) is 0 Å². The van der Waals surface area contributed by atoms with Gasteiger partial charge in [-0.3, -0.25) is 0 Å². The van der Waals surface area contributed by atoms with Crippen LogP contribution in [0.25, 0.3) is 0 Å². The molecule has 0 fully saturated rings. The Morgan fingerprint density at radius 1 is 0.909 bits per heavy atom. The summed E-state index contributed by atoms with van der Waals surface area (Å²) in [7, 11) is 3.11. The summed E-state index contributed by atoms with van der Waals surface area (Å²) >= 11 is 0. The first-order valence-corrected chi connectivity index (χ1v) is 8.12. The minimum atomic E-state index is -0.313. The van der Waals surface area contributed by atoms with Crippen molar-refractivity contribution in [2.75, 3.05) is 20.8 Å². The van der Waals surface area contributed by atoms with Crippen LogP contribution in [0.2, 0.25) is 0 Å². The van der Waals surface area contributed by atoms with E-state index in [0.29, 0.717) is 23.7 Å². The second kappa shape index (κ2) is 10.9. The van der Waals surface area contributed by atoms with Gasteiger partial charge >= 0.3 is 5.97 Å². The molecule has 22 heavy (non-hydrogen) atoms. The Bertz CT molecular complexity index is 443. The van der Waals surface area contributed by atoms with Crippen molar-refractivity contribution in [3.05, 3.63) is 23.8 Å². The van der Waals surface area contributed by atoms with Crippen molar-refractivity contribution in [1.82, 2.24) is 0 Å². The van der Waals surface area contributed by atoms with Gasteiger partial charge in [-0.15, -0.1) is 0 Å². The van der Waals surface area contributed by atoms with Crippen LogP contribution >= 0.6 is 0 Å². The van der Waals surface area contributed by atoms with Gasteiger partial charge in [0, 0.05) is 0 Å². The molecule has 0 radical (unpaired) electrons. The van der Waals surface area contributed by atoms with E-state index in [-0.39, 0.29) is 5.97 Å². The van der Waals surface area contributed by atoms with Crippen molar-refractivity contribution in [3.8, 4) is 11.5 Å². The summed E-state index contributed by atoms with van der Waals surface area (Å²) < 4.78 is 15.6. The van der Waals surface area contributed by atoms with Gasteiger partial charge in [-0.2, -0.15) is 0 Å². The third kappa shape index (κ3) is 6.37. The molecule has 0 saturated carbocycles. The van der Waals surface area contributed by atoms with Crippen molar-refractivity contribution in [3.63, 3.8) is 0 Å². The number of esters is 1. The quantitative estimate of drug-likeness (QED) is 0.442. The molecule has 1 aromatic carbocycles. The van der Waals surface area contributed by atoms with Crippen LogP contribution in [0.5, 0.6) is 11.5 Å². The van der Waals surface area contributed by atoms with E-state index >= 15 is 0 Å². The van der Waals surface area contributed by atoms with Crippen molar-refractivity contribution < 1.29 is 19.0 Å². The minimum absolute atomic E-state index is 0.313. The molecule has 0 aliphatic heterocycles. The molecule has 0 N–H and O–H groups in total. The zero-order chi connectivity index (χ0) is 16.2. The highest BCUT2D eigenvalue weighted by atomic mass is 16.5. The maximum Gasteiger partial charge on any atom is 0.338 e. The number of ether oxygens (including phenoxy) is 3. The monoisotopic (exact) mass is 308 g/mol. The maximum atomic E-state index is 12.0. The SMILES string of the molecule is CCCCCCCCCOC(=O)c1ccc(OC)c(OC)c1. The Morgan fingerprint density at radius 2 is 1.55 bits per heavy atom. The highest BCUT2D eigenvalue weighted by molar-refractivity contribution is 5.90. The van der Waals surface area contributed by atoms with Gasteiger partial charge in [0.05, 0.1) is 26.4 Å². The van der Waals surface area contributed by atoms with Gasteiger partial charge in [-0.1, -0.05) is 45.4 Å². The van der Waals surface area contributed by atoms with E-state index in [1.165, 1.54) is 32.1 Å². The van der Waals surface area contributed by atoms with Gasteiger partial charge in [0.15, 0.2) is 11.5 Å². The second-order valence-electron chi connectivity index (χ2n) is 5.33. The molecule has 0 aliphatic carbocycles. The van der Waals surface area contributed by atoms with Gasteiger partial charge < -0.3 is 14.2 Å². The highest BCUT2D eigenvalue weighted by Gasteiger charge is 2.11. The number of unbranched alkanes of at least 4 members (excludes halogenated alkanes) is 6. The fraction of sp³-hybridized carbons (Fsp3) is 0.611. The first-order chi connectivity index (χ1) is 10.7. The predicted molar refractivity (Wildman–Crippen MR) is 87.8 cm³/mol. The van der Waals surface area contributed by atoms with E-state index in [9.17, 15) is 4.79 Å². The number of carbonyl (C=O) groups excluding carboxylic acids is 1. The summed E-state index contributed by atoms with van der Waals surface area (Å²) in [5.74, 6) is 0.825. The largest absolute Gasteiger partial charge is 0.493 e. The number of methoxy groups -OCH3 is 2. The molecule has 0 bridgehead atoms. The Hall–Kier alpha value is -1.71. The fourth-order valence-electron chi connectivity index (χ4n) is 2.27. The standard InChI is InChI=1S/C18H28O4/c1-4-5-6-7-8-9-10-13-22-18(19)15-11-12-16(20-2)17(14-15)21-3/h11-12,14H,4-10,13H2,1-3H3. The lowest BCUT2D eigenvalue weighted by atomic mass is 10.1. The summed E-state index contributed by atoms with van der Waals surface area (Å²) in [6.45, 7) is 2.69. The second-order valence-corrected chi connectivity index (χ2v) is 5.33. The van der Waals surface area contributed by atoms with Crippen LogP contribution in [0, 0.1) is 0 Å². The van der Waals surface area contributed by atoms with Gasteiger partial charge in [-0.05, 0) is 24.6 Å². The molecule has 0 heterocycles. The van der Waals surface area contributed by atoms with Crippen molar-refractivity contribution in [1.29, 1.82) is 0 Å². The molecule has 0 aromatic heterocycles. The van der Waals surface area contributed by atoms with Crippen molar-refractivity contribution in [2.45, 2.75) is 51.9 Å². The molecule has 0 spiro atoms. The zero-order valence-electron chi connectivity index (χ0n) is 14.0. The minimum Gasteiger partial charge on any atom is -0.493 e.